The molecule has 0 bridgehead atoms. The van der Waals surface area contributed by atoms with Crippen molar-refractivity contribution in [3.63, 3.8) is 0 Å². The average molecular weight is 582 g/mol. The number of nitrogen functional groups attached to an aromatic ring is 1. The van der Waals surface area contributed by atoms with Crippen molar-refractivity contribution in [2.24, 2.45) is 10.2 Å². The first-order chi connectivity index (χ1) is 18.2. The summed E-state index contributed by atoms with van der Waals surface area (Å²) in [5.74, 6) is 0. The lowest BCUT2D eigenvalue weighted by atomic mass is 10.0. The molecule has 12 heteroatoms. The molecule has 0 atom stereocenters. The zero-order chi connectivity index (χ0) is 30.6. The van der Waals surface area contributed by atoms with Crippen LogP contribution in [-0.2, 0) is 20.2 Å². The van der Waals surface area contributed by atoms with Crippen LogP contribution in [0.4, 0.5) is 11.4 Å². The Hall–Kier alpha value is -3.42. The minimum absolute atomic E-state index is 0.715. The largest absolute Gasteiger partial charge is 0.400 e. The maximum absolute atomic E-state index is 9.19. The number of benzene rings is 4. The molecule has 0 fully saturated rings. The highest BCUT2D eigenvalue weighted by Crippen LogP contribution is 2.33. The van der Waals surface area contributed by atoms with Crippen LogP contribution in [0, 0.1) is 6.92 Å². The van der Waals surface area contributed by atoms with Crippen molar-refractivity contribution in [1.29, 1.82) is 0 Å². The predicted molar refractivity (Wildman–Crippen MR) is 162 cm³/mol. The minimum Gasteiger partial charge on any atom is -0.400 e. The number of aliphatic hydroxyl groups excluding tert-OH is 1. The highest BCUT2D eigenvalue weighted by molar-refractivity contribution is 7.85. The van der Waals surface area contributed by atoms with Crippen LogP contribution < -0.4 is 5.73 Å². The fourth-order valence-corrected chi connectivity index (χ4v) is 2.84. The Labute approximate surface area is 231 Å². The average Bonchev–Trinajstić information content (AvgIpc) is 2.88. The van der Waals surface area contributed by atoms with E-state index in [0.29, 0.717) is 12.5 Å². The number of azo groups is 1. The third-order valence-electron chi connectivity index (χ3n) is 4.14. The molecule has 0 radical (unpaired) electrons. The number of fused-ring (bicyclic) bond motifs is 2. The Balaban J connectivity index is 0. The topological polar surface area (TPSA) is 180 Å². The number of hydrogen-bond donors (Lipinski definition) is 4. The molecule has 4 rings (SSSR count). The summed E-state index contributed by atoms with van der Waals surface area (Å²) >= 11 is 0. The molecule has 0 aliphatic heterocycles. The van der Waals surface area contributed by atoms with Gasteiger partial charge in [-0.3, -0.25) is 9.11 Å². The van der Waals surface area contributed by atoms with Crippen LogP contribution in [0.15, 0.2) is 89.1 Å². The van der Waals surface area contributed by atoms with E-state index in [1.54, 1.807) is 7.05 Å². The van der Waals surface area contributed by atoms with E-state index >= 15 is 0 Å². The lowest BCUT2D eigenvalue weighted by molar-refractivity contribution is 0.399. The van der Waals surface area contributed by atoms with Gasteiger partial charge in [0.05, 0.1) is 18.2 Å². The third kappa shape index (κ3) is 18.5. The van der Waals surface area contributed by atoms with Gasteiger partial charge in [-0.1, -0.05) is 86.6 Å². The van der Waals surface area contributed by atoms with E-state index in [9.17, 15) is 16.8 Å². The number of nitrogens with two attached hydrogens (primary N) is 1. The zero-order valence-electron chi connectivity index (χ0n) is 23.3. The molecule has 4 aromatic rings. The van der Waals surface area contributed by atoms with Crippen LogP contribution in [0.5, 0.6) is 0 Å². The van der Waals surface area contributed by atoms with Gasteiger partial charge in [0.15, 0.2) is 0 Å². The van der Waals surface area contributed by atoms with Crippen molar-refractivity contribution in [3.8, 4) is 0 Å². The van der Waals surface area contributed by atoms with Gasteiger partial charge in [0.25, 0.3) is 20.2 Å². The van der Waals surface area contributed by atoms with Crippen LogP contribution in [0.25, 0.3) is 21.5 Å². The van der Waals surface area contributed by atoms with Crippen LogP contribution in [0.1, 0.15) is 19.4 Å². The number of rotatable bonds is 1. The van der Waals surface area contributed by atoms with E-state index in [2.05, 4.69) is 58.8 Å². The molecule has 5 N–H and O–H groups in total. The summed E-state index contributed by atoms with van der Waals surface area (Å²) < 4.78 is 51.7. The maximum atomic E-state index is 9.19. The summed E-state index contributed by atoms with van der Waals surface area (Å²) in [5.41, 5.74) is 8.74. The molecule has 10 nitrogen and oxygen atoms in total. The van der Waals surface area contributed by atoms with Gasteiger partial charge in [0, 0.05) is 30.6 Å². The van der Waals surface area contributed by atoms with Crippen molar-refractivity contribution >= 4 is 53.2 Å². The Bertz CT molecular complexity index is 1400. The van der Waals surface area contributed by atoms with Gasteiger partial charge in [-0.15, -0.1) is 0 Å². The van der Waals surface area contributed by atoms with Gasteiger partial charge < -0.3 is 10.8 Å². The molecule has 0 saturated carbocycles. The number of hydrogen-bond acceptors (Lipinski definition) is 8. The van der Waals surface area contributed by atoms with Gasteiger partial charge in [-0.05, 0) is 29.3 Å². The van der Waals surface area contributed by atoms with Gasteiger partial charge in [-0.2, -0.15) is 27.1 Å². The fourth-order valence-electron chi connectivity index (χ4n) is 2.84. The van der Waals surface area contributed by atoms with Gasteiger partial charge in [0.1, 0.15) is 0 Å². The molecule has 0 amide bonds. The summed E-state index contributed by atoms with van der Waals surface area (Å²) in [5, 5.41) is 19.6. The van der Waals surface area contributed by atoms with E-state index < -0.39 is 20.2 Å². The highest BCUT2D eigenvalue weighted by atomic mass is 32.2. The summed E-state index contributed by atoms with van der Waals surface area (Å²) in [6.45, 7) is 5.98. The maximum Gasteiger partial charge on any atom is 0.261 e. The lowest BCUT2D eigenvalue weighted by Gasteiger charge is -2.07. The molecule has 39 heavy (non-hydrogen) atoms. The second-order valence-corrected chi connectivity index (χ2v) is 10.2. The molecule has 0 saturated heterocycles. The standard InChI is InChI=1S/C12H13N3.C10H8.C2H6.2CH4O3S.CH4O/c1-8-7-11(15-14-2)9-5-3-4-6-10(9)12(8)13;1-2-6-10-8-4-3-7-9(10)5-1;1-2;2*1-5(2,3)4;1-2/h3-7H,13H2,1-2H3;1-8H;1-2H3;2*1H3,(H,2,3,4);2H,1H3. The lowest BCUT2D eigenvalue weighted by Crippen LogP contribution is -1.91. The molecule has 0 heterocycles. The molecule has 4 aromatic carbocycles. The smallest absolute Gasteiger partial charge is 0.261 e. The molecule has 0 aliphatic carbocycles. The zero-order valence-corrected chi connectivity index (χ0v) is 24.9. The first-order valence-electron chi connectivity index (χ1n) is 11.5. The normalized spacial score (nSPS) is 10.2. The number of aryl methyl sites for hydroxylation is 1. The van der Waals surface area contributed by atoms with E-state index in [1.165, 1.54) is 10.8 Å². The van der Waals surface area contributed by atoms with E-state index in [0.717, 1.165) is 34.8 Å². The van der Waals surface area contributed by atoms with Crippen molar-refractivity contribution in [3.05, 3.63) is 84.4 Å². The molecule has 0 aliphatic rings. The Kier molecular flexibility index (Phi) is 19.0. The highest BCUT2D eigenvalue weighted by Gasteiger charge is 2.05. The van der Waals surface area contributed by atoms with Crippen molar-refractivity contribution in [2.45, 2.75) is 20.8 Å². The van der Waals surface area contributed by atoms with E-state index in [4.69, 9.17) is 19.9 Å². The summed E-state index contributed by atoms with van der Waals surface area (Å²) in [6, 6.07) is 26.6. The third-order valence-corrected chi connectivity index (χ3v) is 4.14. The minimum atomic E-state index is -3.67. The molecular formula is C27H39N3O7S2. The van der Waals surface area contributed by atoms with Crippen LogP contribution in [0.3, 0.4) is 0 Å². The van der Waals surface area contributed by atoms with Crippen molar-refractivity contribution in [2.75, 3.05) is 32.4 Å². The first kappa shape index (κ1) is 37.7. The van der Waals surface area contributed by atoms with Crippen molar-refractivity contribution < 1.29 is 31.0 Å². The summed E-state index contributed by atoms with van der Waals surface area (Å²) in [4.78, 5) is 0. The predicted octanol–water partition coefficient (Wildman–Crippen LogP) is 5.93. The number of nitrogens with zero attached hydrogens (tertiary/aromatic N) is 2. The first-order valence-corrected chi connectivity index (χ1v) is 15.2. The fraction of sp³-hybridized carbons (Fsp3) is 0.259. The Morgan fingerprint density at radius 1 is 0.692 bits per heavy atom. The molecule has 216 valence electrons. The van der Waals surface area contributed by atoms with Gasteiger partial charge in [-0.25, -0.2) is 0 Å². The number of anilines is 1. The quantitative estimate of drug-likeness (QED) is 0.121. The van der Waals surface area contributed by atoms with Crippen LogP contribution in [0.2, 0.25) is 0 Å². The van der Waals surface area contributed by atoms with E-state index in [1.807, 2.05) is 51.1 Å². The molecule has 0 aromatic heterocycles. The van der Waals surface area contributed by atoms with E-state index in [-0.39, 0.29) is 0 Å². The van der Waals surface area contributed by atoms with Crippen LogP contribution >= 0.6 is 0 Å². The molecular weight excluding hydrogens is 542 g/mol. The second-order valence-electron chi connectivity index (χ2n) is 7.29. The van der Waals surface area contributed by atoms with Gasteiger partial charge >= 0.3 is 0 Å². The monoisotopic (exact) mass is 581 g/mol. The summed E-state index contributed by atoms with van der Waals surface area (Å²) in [6.07, 6.45) is 1.43. The van der Waals surface area contributed by atoms with Crippen molar-refractivity contribution in [1.82, 2.24) is 0 Å². The Morgan fingerprint density at radius 2 is 1.00 bits per heavy atom. The summed E-state index contributed by atoms with van der Waals surface area (Å²) in [7, 11) is -4.67. The Morgan fingerprint density at radius 3 is 1.33 bits per heavy atom. The molecule has 0 spiro atoms. The number of aliphatic hydroxyl groups is 1. The molecule has 0 unspecified atom stereocenters. The van der Waals surface area contributed by atoms with Gasteiger partial charge in [0.2, 0.25) is 0 Å². The SMILES string of the molecule is CC.CN=Nc1cc(C)c(N)c2ccccc12.CO.CS(=O)(=O)O.CS(=O)(=O)O.c1ccc2ccccc2c1. The second kappa shape index (κ2) is 19.6. The van der Waals surface area contributed by atoms with Crippen LogP contribution in [-0.4, -0.2) is 57.7 Å².